The second-order valence-corrected chi connectivity index (χ2v) is 7.00. The molecule has 2 saturated heterocycles. The van der Waals surface area contributed by atoms with Gasteiger partial charge in [0.05, 0.1) is 24.1 Å². The Bertz CT molecular complexity index is 708. The van der Waals surface area contributed by atoms with E-state index in [0.29, 0.717) is 23.7 Å². The minimum Gasteiger partial charge on any atom is -0.291 e. The van der Waals surface area contributed by atoms with Crippen molar-refractivity contribution in [3.63, 3.8) is 0 Å². The highest BCUT2D eigenvalue weighted by Crippen LogP contribution is 2.36. The molecule has 0 saturated carbocycles. The van der Waals surface area contributed by atoms with Crippen LogP contribution in [0.2, 0.25) is 5.02 Å². The van der Waals surface area contributed by atoms with E-state index in [0.717, 1.165) is 10.5 Å². The van der Waals surface area contributed by atoms with Gasteiger partial charge in [-0.15, -0.1) is 0 Å². The van der Waals surface area contributed by atoms with Crippen molar-refractivity contribution in [1.29, 1.82) is 0 Å². The van der Waals surface area contributed by atoms with Gasteiger partial charge in [0.1, 0.15) is 0 Å². The molecule has 2 atom stereocenters. The van der Waals surface area contributed by atoms with E-state index in [1.807, 2.05) is 0 Å². The van der Waals surface area contributed by atoms with Crippen molar-refractivity contribution >= 4 is 29.1 Å². The Morgan fingerprint density at radius 1 is 1.24 bits per heavy atom. The Kier molecular flexibility index (Phi) is 4.81. The second kappa shape index (κ2) is 6.61. The monoisotopic (exact) mass is 374 g/mol. The quantitative estimate of drug-likeness (QED) is 0.743. The Hall–Kier alpha value is -1.60. The molecule has 1 aromatic rings. The molecule has 25 heavy (non-hydrogen) atoms. The largest absolute Gasteiger partial charge is 0.393 e. The molecule has 0 bridgehead atoms. The van der Waals surface area contributed by atoms with E-state index in [2.05, 4.69) is 0 Å². The summed E-state index contributed by atoms with van der Waals surface area (Å²) in [6.07, 6.45) is -3.96. The lowest BCUT2D eigenvalue weighted by molar-refractivity contribution is -0.188. The van der Waals surface area contributed by atoms with Crippen LogP contribution < -0.4 is 4.90 Å². The van der Waals surface area contributed by atoms with Gasteiger partial charge in [0.2, 0.25) is 5.91 Å². The number of halogens is 4. The number of imide groups is 1. The highest BCUT2D eigenvalue weighted by Gasteiger charge is 2.48. The normalized spacial score (nSPS) is 25.7. The molecule has 8 heteroatoms. The first-order valence-electron chi connectivity index (χ1n) is 8.12. The van der Waals surface area contributed by atoms with Gasteiger partial charge >= 0.3 is 6.18 Å². The van der Waals surface area contributed by atoms with Crippen LogP contribution in [0.3, 0.4) is 0 Å². The summed E-state index contributed by atoms with van der Waals surface area (Å²) in [7, 11) is 0. The number of anilines is 1. The van der Waals surface area contributed by atoms with Crippen LogP contribution in [0, 0.1) is 12.8 Å². The molecule has 3 rings (SSSR count). The third kappa shape index (κ3) is 3.53. The van der Waals surface area contributed by atoms with E-state index in [-0.39, 0.29) is 19.4 Å². The molecule has 0 spiro atoms. The zero-order valence-corrected chi connectivity index (χ0v) is 14.4. The lowest BCUT2D eigenvalue weighted by Crippen LogP contribution is -2.49. The first kappa shape index (κ1) is 18.2. The molecule has 1 aromatic carbocycles. The summed E-state index contributed by atoms with van der Waals surface area (Å²) in [6.45, 7) is 1.95. The van der Waals surface area contributed by atoms with Gasteiger partial charge in [-0.1, -0.05) is 17.7 Å². The standard InChI is InChI=1S/C17H18ClF3N2O2/c1-10-4-5-12(7-13(10)18)23-15(24)8-14(16(23)25)22-6-2-3-11(9-22)17(19,20)21/h4-5,7,11,14H,2-3,6,8-9H2,1H3. The molecular formula is C17H18ClF3N2O2. The van der Waals surface area contributed by atoms with Crippen molar-refractivity contribution < 1.29 is 22.8 Å². The van der Waals surface area contributed by atoms with Gasteiger partial charge in [0.25, 0.3) is 5.91 Å². The van der Waals surface area contributed by atoms with Crippen LogP contribution in [0.25, 0.3) is 0 Å². The Balaban J connectivity index is 1.80. The van der Waals surface area contributed by atoms with E-state index in [1.54, 1.807) is 19.1 Å². The topological polar surface area (TPSA) is 40.6 Å². The van der Waals surface area contributed by atoms with Crippen molar-refractivity contribution in [2.24, 2.45) is 5.92 Å². The maximum Gasteiger partial charge on any atom is 0.393 e. The zero-order chi connectivity index (χ0) is 18.4. The van der Waals surface area contributed by atoms with Crippen LogP contribution >= 0.6 is 11.6 Å². The molecule has 2 aliphatic heterocycles. The fourth-order valence-electron chi connectivity index (χ4n) is 3.45. The molecule has 0 N–H and O–H groups in total. The van der Waals surface area contributed by atoms with Gasteiger partial charge in [0, 0.05) is 11.6 Å². The van der Waals surface area contributed by atoms with Crippen LogP contribution in [-0.4, -0.2) is 42.0 Å². The molecule has 0 radical (unpaired) electrons. The fraction of sp³-hybridized carbons (Fsp3) is 0.529. The van der Waals surface area contributed by atoms with Gasteiger partial charge in [-0.05, 0) is 44.0 Å². The molecule has 2 amide bonds. The predicted molar refractivity (Wildman–Crippen MR) is 87.4 cm³/mol. The van der Waals surface area contributed by atoms with Crippen molar-refractivity contribution in [1.82, 2.24) is 4.90 Å². The Morgan fingerprint density at radius 3 is 2.60 bits per heavy atom. The van der Waals surface area contributed by atoms with Crippen molar-refractivity contribution in [3.05, 3.63) is 28.8 Å². The predicted octanol–water partition coefficient (Wildman–Crippen LogP) is 3.55. The number of benzene rings is 1. The molecular weight excluding hydrogens is 357 g/mol. The minimum absolute atomic E-state index is 0.0616. The van der Waals surface area contributed by atoms with Gasteiger partial charge < -0.3 is 0 Å². The highest BCUT2D eigenvalue weighted by molar-refractivity contribution is 6.32. The van der Waals surface area contributed by atoms with E-state index in [9.17, 15) is 22.8 Å². The van der Waals surface area contributed by atoms with E-state index in [1.165, 1.54) is 11.0 Å². The second-order valence-electron chi connectivity index (χ2n) is 6.60. The SMILES string of the molecule is Cc1ccc(N2C(=O)CC(N3CCCC(C(F)(F)F)C3)C2=O)cc1Cl. The number of hydrogen-bond acceptors (Lipinski definition) is 3. The average molecular weight is 375 g/mol. The molecule has 4 nitrogen and oxygen atoms in total. The molecule has 0 aliphatic carbocycles. The maximum atomic E-state index is 13.0. The summed E-state index contributed by atoms with van der Waals surface area (Å²) in [4.78, 5) is 27.6. The Morgan fingerprint density at radius 2 is 1.96 bits per heavy atom. The van der Waals surface area contributed by atoms with Crippen molar-refractivity contribution in [3.8, 4) is 0 Å². The van der Waals surface area contributed by atoms with Crippen LogP contribution in [0.4, 0.5) is 18.9 Å². The third-order valence-corrected chi connectivity index (χ3v) is 5.30. The molecule has 2 fully saturated rings. The third-order valence-electron chi connectivity index (χ3n) is 4.89. The molecule has 2 heterocycles. The molecule has 136 valence electrons. The van der Waals surface area contributed by atoms with Crippen LogP contribution in [0.1, 0.15) is 24.8 Å². The summed E-state index contributed by atoms with van der Waals surface area (Å²) in [6, 6.07) is 4.02. The Labute approximate surface area is 148 Å². The average Bonchev–Trinajstić information content (AvgIpc) is 2.84. The van der Waals surface area contributed by atoms with Gasteiger partial charge in [-0.2, -0.15) is 13.2 Å². The number of carbonyl (C=O) groups excluding carboxylic acids is 2. The molecule has 0 aromatic heterocycles. The smallest absolute Gasteiger partial charge is 0.291 e. The number of hydrogen-bond donors (Lipinski definition) is 0. The summed E-state index contributed by atoms with van der Waals surface area (Å²) >= 11 is 6.06. The molecule has 2 unspecified atom stereocenters. The number of nitrogens with zero attached hydrogens (tertiary/aromatic N) is 2. The first-order valence-corrected chi connectivity index (χ1v) is 8.50. The van der Waals surface area contributed by atoms with Gasteiger partial charge in [-0.3, -0.25) is 14.5 Å². The number of alkyl halides is 3. The summed E-state index contributed by atoms with van der Waals surface area (Å²) < 4.78 is 39.0. The lowest BCUT2D eigenvalue weighted by atomic mass is 9.96. The summed E-state index contributed by atoms with van der Waals surface area (Å²) in [5, 5.41) is 0.427. The minimum atomic E-state index is -4.28. The maximum absolute atomic E-state index is 13.0. The number of carbonyl (C=O) groups is 2. The zero-order valence-electron chi connectivity index (χ0n) is 13.6. The number of piperidine rings is 1. The van der Waals surface area contributed by atoms with Crippen LogP contribution in [0.5, 0.6) is 0 Å². The first-order chi connectivity index (χ1) is 11.7. The number of rotatable bonds is 2. The summed E-state index contributed by atoms with van der Waals surface area (Å²) in [5.74, 6) is -2.34. The van der Waals surface area contributed by atoms with E-state index in [4.69, 9.17) is 11.6 Å². The lowest BCUT2D eigenvalue weighted by Gasteiger charge is -2.36. The number of amides is 2. The van der Waals surface area contributed by atoms with Crippen LogP contribution in [-0.2, 0) is 9.59 Å². The van der Waals surface area contributed by atoms with Crippen LogP contribution in [0.15, 0.2) is 18.2 Å². The fourth-order valence-corrected chi connectivity index (χ4v) is 3.62. The number of aryl methyl sites for hydroxylation is 1. The van der Waals surface area contributed by atoms with Crippen molar-refractivity contribution in [2.75, 3.05) is 18.0 Å². The number of likely N-dealkylation sites (tertiary alicyclic amines) is 1. The molecule has 2 aliphatic rings. The van der Waals surface area contributed by atoms with E-state index < -0.39 is 30.0 Å². The van der Waals surface area contributed by atoms with Gasteiger partial charge in [-0.25, -0.2) is 4.90 Å². The van der Waals surface area contributed by atoms with E-state index >= 15 is 0 Å². The van der Waals surface area contributed by atoms with Crippen molar-refractivity contribution in [2.45, 2.75) is 38.4 Å². The van der Waals surface area contributed by atoms with Gasteiger partial charge in [0.15, 0.2) is 0 Å². The summed E-state index contributed by atoms with van der Waals surface area (Å²) in [5.41, 5.74) is 1.17. The highest BCUT2D eigenvalue weighted by atomic mass is 35.5.